The lowest BCUT2D eigenvalue weighted by Gasteiger charge is -2.28. The van der Waals surface area contributed by atoms with Crippen molar-refractivity contribution in [3.63, 3.8) is 0 Å². The lowest BCUT2D eigenvalue weighted by atomic mass is 10.1. The van der Waals surface area contributed by atoms with Crippen molar-refractivity contribution in [2.45, 2.75) is 24.8 Å². The van der Waals surface area contributed by atoms with Crippen LogP contribution < -0.4 is 0 Å². The summed E-state index contributed by atoms with van der Waals surface area (Å²) in [6, 6.07) is 9.17. The third-order valence-corrected chi connectivity index (χ3v) is 7.92. The van der Waals surface area contributed by atoms with Crippen LogP contribution in [0.1, 0.15) is 11.3 Å². The molecular weight excluding hydrogens is 592 g/mol. The lowest BCUT2D eigenvalue weighted by Crippen LogP contribution is -2.39. The van der Waals surface area contributed by atoms with Crippen LogP contribution in [-0.4, -0.2) is 62.4 Å². The molecule has 6 rings (SSSR count). The second-order valence-electron chi connectivity index (χ2n) is 8.78. The SMILES string of the molecule is O=C(CSc1nccn1-c1cccc(F)c1)N1CCn2ncc(-c3cn(Cc4ccc(F)nc4Br)nn3)c2C1. The van der Waals surface area contributed by atoms with Crippen LogP contribution >= 0.6 is 27.7 Å². The van der Waals surface area contributed by atoms with Gasteiger partial charge >= 0.3 is 0 Å². The Balaban J connectivity index is 1.13. The molecule has 0 spiro atoms. The summed E-state index contributed by atoms with van der Waals surface area (Å²) in [6.45, 7) is 1.83. The molecule has 198 valence electrons. The summed E-state index contributed by atoms with van der Waals surface area (Å²) in [5.41, 5.74) is 3.70. The predicted octanol–water partition coefficient (Wildman–Crippen LogP) is 3.95. The number of hydrogen-bond donors (Lipinski definition) is 0. The molecule has 1 aliphatic heterocycles. The number of pyridine rings is 1. The third-order valence-electron chi connectivity index (χ3n) is 6.28. The van der Waals surface area contributed by atoms with Crippen LogP contribution in [0.25, 0.3) is 16.9 Å². The molecule has 5 aromatic rings. The number of carbonyl (C=O) groups excluding carboxylic acids is 1. The quantitative estimate of drug-likeness (QED) is 0.203. The standard InChI is InChI=1S/C25H20BrF2N9OS/c26-24-16(4-5-22(28)31-24)12-35-13-20(32-33-35)19-11-30-37-9-8-34(14-21(19)37)23(38)15-39-25-29-6-7-36(25)18-3-1-2-17(27)10-18/h1-7,10-11,13H,8-9,12,14-15H2. The summed E-state index contributed by atoms with van der Waals surface area (Å²) >= 11 is 4.58. The van der Waals surface area contributed by atoms with Crippen LogP contribution in [0.2, 0.25) is 0 Å². The third kappa shape index (κ3) is 5.34. The molecule has 1 aromatic carbocycles. The van der Waals surface area contributed by atoms with Crippen LogP contribution in [-0.2, 0) is 24.4 Å². The summed E-state index contributed by atoms with van der Waals surface area (Å²) in [5, 5.41) is 13.6. The smallest absolute Gasteiger partial charge is 0.233 e. The fourth-order valence-corrected chi connectivity index (χ4v) is 5.64. The second kappa shape index (κ2) is 10.7. The minimum atomic E-state index is -0.564. The molecule has 0 bridgehead atoms. The van der Waals surface area contributed by atoms with Gasteiger partial charge in [-0.25, -0.2) is 19.0 Å². The highest BCUT2D eigenvalue weighted by Gasteiger charge is 2.26. The van der Waals surface area contributed by atoms with E-state index in [1.165, 1.54) is 30.0 Å². The second-order valence-corrected chi connectivity index (χ2v) is 10.5. The largest absolute Gasteiger partial charge is 0.334 e. The van der Waals surface area contributed by atoms with Gasteiger partial charge in [0.1, 0.15) is 16.1 Å². The molecule has 4 aromatic heterocycles. The Labute approximate surface area is 233 Å². The first-order valence-corrected chi connectivity index (χ1v) is 13.7. The minimum Gasteiger partial charge on any atom is -0.334 e. The molecule has 0 radical (unpaired) electrons. The predicted molar refractivity (Wildman–Crippen MR) is 142 cm³/mol. The molecule has 0 fully saturated rings. The van der Waals surface area contributed by atoms with Crippen molar-refractivity contribution < 1.29 is 13.6 Å². The number of halogens is 3. The zero-order valence-electron chi connectivity index (χ0n) is 20.3. The van der Waals surface area contributed by atoms with Crippen LogP contribution in [0.5, 0.6) is 0 Å². The van der Waals surface area contributed by atoms with Crippen molar-refractivity contribution in [3.05, 3.63) is 88.8 Å². The van der Waals surface area contributed by atoms with Crippen molar-refractivity contribution in [1.29, 1.82) is 0 Å². The summed E-state index contributed by atoms with van der Waals surface area (Å²) in [4.78, 5) is 23.1. The van der Waals surface area contributed by atoms with Gasteiger partial charge in [0.15, 0.2) is 5.16 Å². The number of rotatable bonds is 7. The zero-order chi connectivity index (χ0) is 26.9. The molecule has 1 amide bonds. The van der Waals surface area contributed by atoms with E-state index < -0.39 is 5.95 Å². The van der Waals surface area contributed by atoms with Crippen molar-refractivity contribution in [3.8, 4) is 16.9 Å². The van der Waals surface area contributed by atoms with Crippen LogP contribution in [0, 0.1) is 11.8 Å². The molecule has 0 unspecified atom stereocenters. The van der Waals surface area contributed by atoms with Gasteiger partial charge in [-0.2, -0.15) is 9.49 Å². The van der Waals surface area contributed by atoms with Gasteiger partial charge in [0.05, 0.1) is 49.2 Å². The number of aromatic nitrogens is 8. The van der Waals surface area contributed by atoms with E-state index in [4.69, 9.17) is 0 Å². The van der Waals surface area contributed by atoms with E-state index >= 15 is 0 Å². The molecule has 0 atom stereocenters. The van der Waals surface area contributed by atoms with Crippen molar-refractivity contribution in [2.75, 3.05) is 12.3 Å². The van der Waals surface area contributed by atoms with Gasteiger partial charge in [0.2, 0.25) is 11.9 Å². The Morgan fingerprint density at radius 3 is 2.90 bits per heavy atom. The van der Waals surface area contributed by atoms with E-state index in [0.29, 0.717) is 47.3 Å². The van der Waals surface area contributed by atoms with Crippen LogP contribution in [0.15, 0.2) is 70.9 Å². The zero-order valence-corrected chi connectivity index (χ0v) is 22.7. The van der Waals surface area contributed by atoms with E-state index in [1.807, 2.05) is 4.68 Å². The normalized spacial score (nSPS) is 13.1. The van der Waals surface area contributed by atoms with Gasteiger partial charge in [-0.15, -0.1) is 5.10 Å². The molecule has 0 aliphatic carbocycles. The summed E-state index contributed by atoms with van der Waals surface area (Å²) in [6.07, 6.45) is 6.89. The maximum atomic E-state index is 13.7. The van der Waals surface area contributed by atoms with Gasteiger partial charge < -0.3 is 4.90 Å². The van der Waals surface area contributed by atoms with Crippen LogP contribution in [0.4, 0.5) is 8.78 Å². The molecular formula is C25H20BrF2N9OS. The molecule has 5 heterocycles. The first-order valence-electron chi connectivity index (χ1n) is 11.9. The summed E-state index contributed by atoms with van der Waals surface area (Å²) in [7, 11) is 0. The molecule has 0 N–H and O–H groups in total. The monoisotopic (exact) mass is 611 g/mol. The average Bonchev–Trinajstić information content (AvgIpc) is 3.68. The molecule has 14 heteroatoms. The van der Waals surface area contributed by atoms with Gasteiger partial charge in [0, 0.05) is 30.1 Å². The van der Waals surface area contributed by atoms with Gasteiger partial charge in [-0.3, -0.25) is 14.0 Å². The molecule has 0 saturated heterocycles. The van der Waals surface area contributed by atoms with E-state index in [2.05, 4.69) is 41.3 Å². The summed E-state index contributed by atoms with van der Waals surface area (Å²) < 4.78 is 32.7. The molecule has 0 saturated carbocycles. The Bertz CT molecular complexity index is 1670. The highest BCUT2D eigenvalue weighted by atomic mass is 79.9. The van der Waals surface area contributed by atoms with Gasteiger partial charge in [-0.05, 0) is 46.3 Å². The highest BCUT2D eigenvalue weighted by molar-refractivity contribution is 9.10. The van der Waals surface area contributed by atoms with E-state index in [9.17, 15) is 13.6 Å². The fraction of sp³-hybridized carbons (Fsp3) is 0.200. The summed E-state index contributed by atoms with van der Waals surface area (Å²) in [5.74, 6) is -0.753. The van der Waals surface area contributed by atoms with E-state index in [1.54, 1.807) is 57.1 Å². The highest BCUT2D eigenvalue weighted by Crippen LogP contribution is 2.27. The van der Waals surface area contributed by atoms with Crippen molar-refractivity contribution in [2.24, 2.45) is 0 Å². The number of amides is 1. The van der Waals surface area contributed by atoms with Gasteiger partial charge in [-0.1, -0.05) is 23.0 Å². The number of carbonyl (C=O) groups is 1. The van der Waals surface area contributed by atoms with Crippen LogP contribution in [0.3, 0.4) is 0 Å². The average molecular weight is 612 g/mol. The topological polar surface area (TPSA) is 99.6 Å². The Morgan fingerprint density at radius 2 is 2.05 bits per heavy atom. The number of fused-ring (bicyclic) bond motifs is 1. The Kier molecular flexibility index (Phi) is 6.95. The van der Waals surface area contributed by atoms with Crippen molar-refractivity contribution >= 4 is 33.6 Å². The molecule has 1 aliphatic rings. The number of benzene rings is 1. The van der Waals surface area contributed by atoms with Crippen molar-refractivity contribution in [1.82, 2.24) is 44.2 Å². The lowest BCUT2D eigenvalue weighted by molar-refractivity contribution is -0.129. The van der Waals surface area contributed by atoms with E-state index in [-0.39, 0.29) is 17.5 Å². The van der Waals surface area contributed by atoms with E-state index in [0.717, 1.165) is 16.8 Å². The number of nitrogens with zero attached hydrogens (tertiary/aromatic N) is 9. The first-order chi connectivity index (χ1) is 18.9. The Morgan fingerprint density at radius 1 is 1.15 bits per heavy atom. The number of hydrogen-bond acceptors (Lipinski definition) is 7. The maximum absolute atomic E-state index is 13.7. The Hall–Kier alpha value is -3.91. The molecule has 10 nitrogen and oxygen atoms in total. The number of thioether (sulfide) groups is 1. The first kappa shape index (κ1) is 25.4. The maximum Gasteiger partial charge on any atom is 0.233 e. The van der Waals surface area contributed by atoms with Gasteiger partial charge in [0.25, 0.3) is 0 Å². The number of imidazole rings is 1. The fourth-order valence-electron chi connectivity index (χ4n) is 4.34. The molecule has 39 heavy (non-hydrogen) atoms. The minimum absolute atomic E-state index is 0.0375.